The van der Waals surface area contributed by atoms with Gasteiger partial charge in [0.1, 0.15) is 5.69 Å². The van der Waals surface area contributed by atoms with Crippen molar-refractivity contribution in [2.45, 2.75) is 13.3 Å². The molecule has 0 aliphatic heterocycles. The van der Waals surface area contributed by atoms with E-state index >= 15 is 0 Å². The van der Waals surface area contributed by atoms with E-state index in [1.165, 1.54) is 0 Å². The van der Waals surface area contributed by atoms with E-state index in [1.54, 1.807) is 26.5 Å². The molecule has 6 heteroatoms. The predicted molar refractivity (Wildman–Crippen MR) is 111 cm³/mol. The molecule has 0 saturated carbocycles. The summed E-state index contributed by atoms with van der Waals surface area (Å²) in [5.74, 6) is 1.05. The molecular formula is C22H23N3O3. The van der Waals surface area contributed by atoms with E-state index < -0.39 is 0 Å². The van der Waals surface area contributed by atoms with E-state index in [-0.39, 0.29) is 5.91 Å². The van der Waals surface area contributed by atoms with Gasteiger partial charge in [-0.1, -0.05) is 25.1 Å². The summed E-state index contributed by atoms with van der Waals surface area (Å²) in [5.41, 5.74) is 3.84. The number of benzene rings is 2. The predicted octanol–water partition coefficient (Wildman–Crippen LogP) is 4.66. The van der Waals surface area contributed by atoms with Crippen molar-refractivity contribution < 1.29 is 14.3 Å². The molecule has 0 bridgehead atoms. The van der Waals surface area contributed by atoms with Crippen molar-refractivity contribution in [2.24, 2.45) is 0 Å². The number of amides is 1. The highest BCUT2D eigenvalue weighted by molar-refractivity contribution is 6.03. The van der Waals surface area contributed by atoms with E-state index in [9.17, 15) is 4.79 Å². The first-order valence-corrected chi connectivity index (χ1v) is 8.99. The molecule has 2 aromatic carbocycles. The average molecular weight is 377 g/mol. The van der Waals surface area contributed by atoms with Gasteiger partial charge in [0.05, 0.1) is 26.1 Å². The zero-order chi connectivity index (χ0) is 19.9. The average Bonchev–Trinajstić information content (AvgIpc) is 2.74. The molecule has 0 fully saturated rings. The van der Waals surface area contributed by atoms with Crippen LogP contribution in [-0.4, -0.2) is 25.1 Å². The molecule has 0 aliphatic rings. The quantitative estimate of drug-likeness (QED) is 0.627. The van der Waals surface area contributed by atoms with Crippen LogP contribution in [0.1, 0.15) is 23.0 Å². The number of anilines is 3. The van der Waals surface area contributed by atoms with Crippen LogP contribution in [0.15, 0.2) is 60.8 Å². The van der Waals surface area contributed by atoms with Crippen molar-refractivity contribution in [3.8, 4) is 11.5 Å². The minimum Gasteiger partial charge on any atom is -0.493 e. The van der Waals surface area contributed by atoms with Gasteiger partial charge in [-0.15, -0.1) is 0 Å². The lowest BCUT2D eigenvalue weighted by Crippen LogP contribution is -2.14. The molecule has 0 atom stereocenters. The lowest BCUT2D eigenvalue weighted by Gasteiger charge is -2.12. The van der Waals surface area contributed by atoms with Crippen molar-refractivity contribution in [3.63, 3.8) is 0 Å². The van der Waals surface area contributed by atoms with Gasteiger partial charge in [-0.3, -0.25) is 4.79 Å². The number of hydrogen-bond donors (Lipinski definition) is 2. The maximum Gasteiger partial charge on any atom is 0.274 e. The van der Waals surface area contributed by atoms with E-state index in [2.05, 4.69) is 22.5 Å². The third kappa shape index (κ3) is 4.40. The summed E-state index contributed by atoms with van der Waals surface area (Å²) >= 11 is 0. The summed E-state index contributed by atoms with van der Waals surface area (Å²) in [4.78, 5) is 16.8. The number of methoxy groups -OCH3 is 2. The van der Waals surface area contributed by atoms with Crippen molar-refractivity contribution in [1.82, 2.24) is 4.98 Å². The number of aromatic nitrogens is 1. The molecule has 6 nitrogen and oxygen atoms in total. The maximum absolute atomic E-state index is 12.5. The Morgan fingerprint density at radius 2 is 1.71 bits per heavy atom. The van der Waals surface area contributed by atoms with Gasteiger partial charge in [0.15, 0.2) is 11.5 Å². The molecule has 144 valence electrons. The number of rotatable bonds is 7. The Balaban J connectivity index is 1.70. The Bertz CT molecular complexity index is 955. The highest BCUT2D eigenvalue weighted by Gasteiger charge is 2.10. The first-order valence-electron chi connectivity index (χ1n) is 8.99. The van der Waals surface area contributed by atoms with Crippen molar-refractivity contribution in [2.75, 3.05) is 24.9 Å². The number of ether oxygens (including phenoxy) is 2. The SMILES string of the molecule is CCc1ccccc1NC(=O)c1ccc(Nc2ccc(OC)c(OC)c2)cn1. The Hall–Kier alpha value is -3.54. The minimum absolute atomic E-state index is 0.237. The lowest BCUT2D eigenvalue weighted by molar-refractivity contribution is 0.102. The molecule has 0 aliphatic carbocycles. The third-order valence-corrected chi connectivity index (χ3v) is 4.31. The number of nitrogens with zero attached hydrogens (tertiary/aromatic N) is 1. The topological polar surface area (TPSA) is 72.5 Å². The number of aryl methyl sites for hydroxylation is 1. The van der Waals surface area contributed by atoms with E-state index in [0.717, 1.165) is 29.0 Å². The zero-order valence-electron chi connectivity index (χ0n) is 16.2. The van der Waals surface area contributed by atoms with Gasteiger partial charge in [-0.05, 0) is 42.3 Å². The number of nitrogens with one attached hydrogen (secondary N) is 2. The fraction of sp³-hybridized carbons (Fsp3) is 0.182. The molecule has 0 spiro atoms. The minimum atomic E-state index is -0.237. The van der Waals surface area contributed by atoms with Crippen molar-refractivity contribution in [1.29, 1.82) is 0 Å². The normalized spacial score (nSPS) is 10.2. The molecule has 1 aromatic heterocycles. The second-order valence-corrected chi connectivity index (χ2v) is 6.09. The Morgan fingerprint density at radius 1 is 0.964 bits per heavy atom. The first kappa shape index (κ1) is 19.2. The van der Waals surface area contributed by atoms with Crippen LogP contribution >= 0.6 is 0 Å². The smallest absolute Gasteiger partial charge is 0.274 e. The van der Waals surface area contributed by atoms with Crippen molar-refractivity contribution >= 4 is 23.0 Å². The number of carbonyl (C=O) groups excluding carboxylic acids is 1. The van der Waals surface area contributed by atoms with Crippen molar-refractivity contribution in [3.05, 3.63) is 72.1 Å². The molecule has 2 N–H and O–H groups in total. The highest BCUT2D eigenvalue weighted by atomic mass is 16.5. The third-order valence-electron chi connectivity index (χ3n) is 4.31. The van der Waals surface area contributed by atoms with Gasteiger partial charge in [-0.2, -0.15) is 0 Å². The van der Waals surface area contributed by atoms with Gasteiger partial charge >= 0.3 is 0 Å². The molecular weight excluding hydrogens is 354 g/mol. The van der Waals surface area contributed by atoms with Crippen LogP contribution in [0.5, 0.6) is 11.5 Å². The molecule has 0 unspecified atom stereocenters. The number of pyridine rings is 1. The van der Waals surface area contributed by atoms with E-state index in [1.807, 2.05) is 48.5 Å². The lowest BCUT2D eigenvalue weighted by atomic mass is 10.1. The van der Waals surface area contributed by atoms with Crippen LogP contribution in [0.2, 0.25) is 0 Å². The Morgan fingerprint density at radius 3 is 2.39 bits per heavy atom. The monoisotopic (exact) mass is 377 g/mol. The van der Waals surface area contributed by atoms with Gasteiger partial charge in [0.25, 0.3) is 5.91 Å². The van der Waals surface area contributed by atoms with Crippen LogP contribution in [0.3, 0.4) is 0 Å². The summed E-state index contributed by atoms with van der Waals surface area (Å²) < 4.78 is 10.5. The number of hydrogen-bond acceptors (Lipinski definition) is 5. The molecule has 3 aromatic rings. The van der Waals surface area contributed by atoms with Gasteiger partial charge in [0, 0.05) is 17.4 Å². The fourth-order valence-electron chi connectivity index (χ4n) is 2.82. The Kier molecular flexibility index (Phi) is 6.11. The maximum atomic E-state index is 12.5. The second-order valence-electron chi connectivity index (χ2n) is 6.09. The number of para-hydroxylation sites is 1. The first-order chi connectivity index (χ1) is 13.6. The molecule has 0 radical (unpaired) electrons. The Labute approximate surface area is 164 Å². The summed E-state index contributed by atoms with van der Waals surface area (Å²) in [5, 5.41) is 6.16. The van der Waals surface area contributed by atoms with Crippen LogP contribution in [0.25, 0.3) is 0 Å². The summed E-state index contributed by atoms with van der Waals surface area (Å²) in [6.45, 7) is 2.05. The van der Waals surface area contributed by atoms with Crippen LogP contribution in [-0.2, 0) is 6.42 Å². The summed E-state index contributed by atoms with van der Waals surface area (Å²) in [6, 6.07) is 16.8. The van der Waals surface area contributed by atoms with Crippen LogP contribution < -0.4 is 20.1 Å². The van der Waals surface area contributed by atoms with E-state index in [0.29, 0.717) is 17.2 Å². The molecule has 1 heterocycles. The standard InChI is InChI=1S/C22H23N3O3/c1-4-15-7-5-6-8-18(15)25-22(26)19-11-9-17(14-23-19)24-16-10-12-20(27-2)21(13-16)28-3/h5-14,24H,4H2,1-3H3,(H,25,26). The zero-order valence-corrected chi connectivity index (χ0v) is 16.2. The van der Waals surface area contributed by atoms with Gasteiger partial charge in [-0.25, -0.2) is 4.98 Å². The van der Waals surface area contributed by atoms with E-state index in [4.69, 9.17) is 9.47 Å². The molecule has 1 amide bonds. The molecule has 0 saturated heterocycles. The summed E-state index contributed by atoms with van der Waals surface area (Å²) in [6.07, 6.45) is 2.47. The van der Waals surface area contributed by atoms with Gasteiger partial charge < -0.3 is 20.1 Å². The highest BCUT2D eigenvalue weighted by Crippen LogP contribution is 2.31. The van der Waals surface area contributed by atoms with Gasteiger partial charge in [0.2, 0.25) is 0 Å². The molecule has 28 heavy (non-hydrogen) atoms. The van der Waals surface area contributed by atoms with Crippen LogP contribution in [0.4, 0.5) is 17.1 Å². The molecule has 3 rings (SSSR count). The largest absolute Gasteiger partial charge is 0.493 e. The second kappa shape index (κ2) is 8.90. The number of carbonyl (C=O) groups is 1. The van der Waals surface area contributed by atoms with Crippen LogP contribution in [0, 0.1) is 0 Å². The summed E-state index contributed by atoms with van der Waals surface area (Å²) in [7, 11) is 3.19. The fourth-order valence-corrected chi connectivity index (χ4v) is 2.82.